The molecular weight excluding hydrogens is 256 g/mol. The molecule has 0 saturated carbocycles. The molecule has 1 aromatic rings. The summed E-state index contributed by atoms with van der Waals surface area (Å²) in [4.78, 5) is 33.7. The highest BCUT2D eigenvalue weighted by molar-refractivity contribution is 7.98. The minimum atomic E-state index is -0.847. The molecular formula is C11H16N2O4S. The summed E-state index contributed by atoms with van der Waals surface area (Å²) in [5.74, 6) is -0.406. The summed E-state index contributed by atoms with van der Waals surface area (Å²) in [6.45, 7) is 1.62. The Hall–Kier alpha value is -1.50. The second-order valence-corrected chi connectivity index (χ2v) is 5.16. The van der Waals surface area contributed by atoms with E-state index in [1.807, 2.05) is 0 Å². The van der Waals surface area contributed by atoms with Crippen molar-refractivity contribution in [1.29, 1.82) is 0 Å². The number of hydrogen-bond donors (Lipinski definition) is 1. The Morgan fingerprint density at radius 3 is 2.56 bits per heavy atom. The van der Waals surface area contributed by atoms with Crippen molar-refractivity contribution in [2.75, 3.05) is 5.75 Å². The van der Waals surface area contributed by atoms with Crippen LogP contribution in [0.3, 0.4) is 0 Å². The van der Waals surface area contributed by atoms with Crippen molar-refractivity contribution in [2.45, 2.75) is 12.7 Å². The fourth-order valence-corrected chi connectivity index (χ4v) is 2.43. The number of aliphatic carboxylic acids is 1. The molecule has 100 valence electrons. The first-order chi connectivity index (χ1) is 8.34. The molecule has 0 radical (unpaired) electrons. The molecule has 0 aliphatic carbocycles. The minimum absolute atomic E-state index is 0.347. The van der Waals surface area contributed by atoms with Crippen molar-refractivity contribution in [3.63, 3.8) is 0 Å². The third-order valence-corrected chi connectivity index (χ3v) is 3.90. The Balaban J connectivity index is 2.78. The van der Waals surface area contributed by atoms with Gasteiger partial charge < -0.3 is 5.11 Å². The van der Waals surface area contributed by atoms with Gasteiger partial charge in [-0.25, -0.2) is 4.79 Å². The van der Waals surface area contributed by atoms with Crippen LogP contribution < -0.4 is 11.2 Å². The smallest absolute Gasteiger partial charge is 0.330 e. The van der Waals surface area contributed by atoms with Crippen molar-refractivity contribution in [3.8, 4) is 0 Å². The van der Waals surface area contributed by atoms with Crippen LogP contribution in [0.1, 0.15) is 12.6 Å². The predicted octanol–water partition coefficient (Wildman–Crippen LogP) is 0.0379. The zero-order valence-electron chi connectivity index (χ0n) is 10.5. The second-order valence-electron chi connectivity index (χ2n) is 4.13. The summed E-state index contributed by atoms with van der Waals surface area (Å²) in [6, 6.07) is 1.40. The molecule has 18 heavy (non-hydrogen) atoms. The van der Waals surface area contributed by atoms with Crippen LogP contribution in [0.4, 0.5) is 0 Å². The summed E-state index contributed by atoms with van der Waals surface area (Å²) in [6.07, 6.45) is 0. The maximum absolute atomic E-state index is 11.6. The van der Waals surface area contributed by atoms with E-state index in [-0.39, 0.29) is 11.2 Å². The molecule has 0 amide bonds. The molecule has 0 aliphatic heterocycles. The van der Waals surface area contributed by atoms with Gasteiger partial charge in [0.1, 0.15) is 0 Å². The molecule has 7 heteroatoms. The van der Waals surface area contributed by atoms with Crippen LogP contribution in [-0.4, -0.2) is 26.0 Å². The molecule has 0 spiro atoms. The molecule has 0 bridgehead atoms. The fourth-order valence-electron chi connectivity index (χ4n) is 1.33. The van der Waals surface area contributed by atoms with Gasteiger partial charge in [-0.3, -0.25) is 18.7 Å². The largest absolute Gasteiger partial charge is 0.481 e. The van der Waals surface area contributed by atoms with E-state index < -0.39 is 11.9 Å². The molecule has 1 heterocycles. The maximum atomic E-state index is 11.6. The van der Waals surface area contributed by atoms with Gasteiger partial charge in [0.25, 0.3) is 5.56 Å². The van der Waals surface area contributed by atoms with Gasteiger partial charge in [-0.2, -0.15) is 11.8 Å². The van der Waals surface area contributed by atoms with Gasteiger partial charge in [0.05, 0.1) is 5.92 Å². The van der Waals surface area contributed by atoms with Crippen molar-refractivity contribution < 1.29 is 9.90 Å². The monoisotopic (exact) mass is 272 g/mol. The number of carboxylic acids is 1. The van der Waals surface area contributed by atoms with Gasteiger partial charge in [0.2, 0.25) is 0 Å². The number of rotatable bonds is 5. The standard InChI is InChI=1S/C11H16N2O4S/c1-7(10(15)16)5-18-6-8-4-9(14)13(3)11(17)12(8)2/h4,7H,5-6H2,1-3H3,(H,15,16). The fraction of sp³-hybridized carbons (Fsp3) is 0.545. The summed E-state index contributed by atoms with van der Waals surface area (Å²) < 4.78 is 2.44. The van der Waals surface area contributed by atoms with Crippen molar-refractivity contribution in [3.05, 3.63) is 32.6 Å². The highest BCUT2D eigenvalue weighted by Crippen LogP contribution is 2.13. The Morgan fingerprint density at radius 1 is 1.39 bits per heavy atom. The average molecular weight is 272 g/mol. The first-order valence-electron chi connectivity index (χ1n) is 5.41. The SMILES string of the molecule is CC(CSCc1cc(=O)n(C)c(=O)n1C)C(=O)O. The van der Waals surface area contributed by atoms with Gasteiger partial charge in [-0.1, -0.05) is 6.92 Å². The van der Waals surface area contributed by atoms with Crippen LogP contribution in [-0.2, 0) is 24.6 Å². The molecule has 1 rings (SSSR count). The highest BCUT2D eigenvalue weighted by atomic mass is 32.2. The minimum Gasteiger partial charge on any atom is -0.481 e. The molecule has 0 fully saturated rings. The molecule has 0 aromatic carbocycles. The van der Waals surface area contributed by atoms with Gasteiger partial charge >= 0.3 is 11.7 Å². The number of aromatic nitrogens is 2. The Bertz CT molecular complexity index is 561. The Labute approximate surface area is 108 Å². The molecule has 1 unspecified atom stereocenters. The number of carboxylic acid groups (broad SMARTS) is 1. The first kappa shape index (κ1) is 14.6. The maximum Gasteiger partial charge on any atom is 0.330 e. The van der Waals surface area contributed by atoms with E-state index in [1.165, 1.54) is 29.4 Å². The van der Waals surface area contributed by atoms with E-state index in [0.717, 1.165) is 4.57 Å². The van der Waals surface area contributed by atoms with Crippen LogP contribution in [0.25, 0.3) is 0 Å². The predicted molar refractivity (Wildman–Crippen MR) is 69.9 cm³/mol. The van der Waals surface area contributed by atoms with Gasteiger partial charge in [-0.15, -0.1) is 0 Å². The van der Waals surface area contributed by atoms with E-state index >= 15 is 0 Å². The number of thioether (sulfide) groups is 1. The van der Waals surface area contributed by atoms with Gasteiger partial charge in [-0.05, 0) is 0 Å². The van der Waals surface area contributed by atoms with Crippen LogP contribution in [0.15, 0.2) is 15.7 Å². The normalized spacial score (nSPS) is 12.4. The van der Waals surface area contributed by atoms with E-state index in [1.54, 1.807) is 14.0 Å². The third kappa shape index (κ3) is 3.25. The summed E-state index contributed by atoms with van der Waals surface area (Å²) in [5, 5.41) is 8.74. The van der Waals surface area contributed by atoms with Crippen LogP contribution in [0, 0.1) is 5.92 Å². The third-order valence-electron chi connectivity index (χ3n) is 2.66. The van der Waals surface area contributed by atoms with E-state index in [2.05, 4.69) is 0 Å². The summed E-state index contributed by atoms with van der Waals surface area (Å²) in [7, 11) is 3.02. The molecule has 6 nitrogen and oxygen atoms in total. The number of hydrogen-bond acceptors (Lipinski definition) is 4. The lowest BCUT2D eigenvalue weighted by Gasteiger charge is -2.10. The van der Waals surface area contributed by atoms with Gasteiger partial charge in [0, 0.05) is 37.4 Å². The zero-order valence-corrected chi connectivity index (χ0v) is 11.4. The van der Waals surface area contributed by atoms with Crippen LogP contribution in [0.5, 0.6) is 0 Å². The molecule has 0 saturated heterocycles. The first-order valence-corrected chi connectivity index (χ1v) is 6.56. The highest BCUT2D eigenvalue weighted by Gasteiger charge is 2.11. The van der Waals surface area contributed by atoms with Crippen molar-refractivity contribution in [1.82, 2.24) is 9.13 Å². The van der Waals surface area contributed by atoms with Crippen LogP contribution >= 0.6 is 11.8 Å². The molecule has 1 atom stereocenters. The van der Waals surface area contributed by atoms with E-state index in [4.69, 9.17) is 5.11 Å². The molecule has 1 N–H and O–H groups in total. The lowest BCUT2D eigenvalue weighted by Crippen LogP contribution is -2.37. The second kappa shape index (κ2) is 5.90. The zero-order chi connectivity index (χ0) is 13.9. The van der Waals surface area contributed by atoms with Crippen LogP contribution in [0.2, 0.25) is 0 Å². The average Bonchev–Trinajstić information content (AvgIpc) is 2.32. The number of nitrogens with zero attached hydrogens (tertiary/aromatic N) is 2. The van der Waals surface area contributed by atoms with Gasteiger partial charge in [0.15, 0.2) is 0 Å². The van der Waals surface area contributed by atoms with E-state index in [0.29, 0.717) is 17.2 Å². The quantitative estimate of drug-likeness (QED) is 0.818. The van der Waals surface area contributed by atoms with Crippen molar-refractivity contribution in [2.24, 2.45) is 20.0 Å². The Morgan fingerprint density at radius 2 is 2.00 bits per heavy atom. The molecule has 0 aliphatic rings. The van der Waals surface area contributed by atoms with E-state index in [9.17, 15) is 14.4 Å². The lowest BCUT2D eigenvalue weighted by atomic mass is 10.2. The summed E-state index contributed by atoms with van der Waals surface area (Å²) >= 11 is 1.39. The number of carbonyl (C=O) groups is 1. The lowest BCUT2D eigenvalue weighted by molar-refractivity contribution is -0.140. The summed E-state index contributed by atoms with van der Waals surface area (Å²) in [5.41, 5.74) is -0.116. The Kier molecular flexibility index (Phi) is 4.77. The topological polar surface area (TPSA) is 81.3 Å². The molecule has 1 aromatic heterocycles. The van der Waals surface area contributed by atoms with Crippen molar-refractivity contribution >= 4 is 17.7 Å².